The summed E-state index contributed by atoms with van der Waals surface area (Å²) in [5.74, 6) is -2.15. The summed E-state index contributed by atoms with van der Waals surface area (Å²) in [4.78, 5) is 37.2. The Labute approximate surface area is 175 Å². The maximum Gasteiger partial charge on any atom is 0.341 e. The first-order valence-electron chi connectivity index (χ1n) is 9.66. The van der Waals surface area contributed by atoms with Gasteiger partial charge in [0, 0.05) is 44.5 Å². The summed E-state index contributed by atoms with van der Waals surface area (Å²) in [6.45, 7) is 2.60. The number of aromatic nitrogens is 2. The van der Waals surface area contributed by atoms with Gasteiger partial charge in [0.15, 0.2) is 0 Å². The lowest BCUT2D eigenvalue weighted by atomic mass is 10.1. The number of halogens is 1. The first kappa shape index (κ1) is 20.5. The highest BCUT2D eigenvalue weighted by molar-refractivity contribution is 5.94. The summed E-state index contributed by atoms with van der Waals surface area (Å²) in [6, 6.07) is 2.47. The molecule has 4 rings (SSSR count). The molecule has 162 valence electrons. The van der Waals surface area contributed by atoms with Gasteiger partial charge in [-0.2, -0.15) is 0 Å². The summed E-state index contributed by atoms with van der Waals surface area (Å²) in [7, 11) is 1.59. The quantitative estimate of drug-likeness (QED) is 0.479. The van der Waals surface area contributed by atoms with E-state index in [2.05, 4.69) is 5.32 Å². The molecule has 1 aliphatic heterocycles. The van der Waals surface area contributed by atoms with Gasteiger partial charge in [-0.3, -0.25) is 14.9 Å². The van der Waals surface area contributed by atoms with Gasteiger partial charge in [0.25, 0.3) is 0 Å². The van der Waals surface area contributed by atoms with E-state index >= 15 is 4.39 Å². The van der Waals surface area contributed by atoms with Crippen molar-refractivity contribution in [2.45, 2.75) is 6.42 Å². The third-order valence-electron chi connectivity index (χ3n) is 5.35. The zero-order valence-corrected chi connectivity index (χ0v) is 16.7. The number of nitro groups is 1. The second kappa shape index (κ2) is 7.84. The van der Waals surface area contributed by atoms with Crippen LogP contribution in [0, 0.1) is 15.9 Å². The van der Waals surface area contributed by atoms with E-state index in [1.165, 1.54) is 27.6 Å². The third kappa shape index (κ3) is 3.63. The lowest BCUT2D eigenvalue weighted by Gasteiger charge is -2.24. The van der Waals surface area contributed by atoms with Crippen molar-refractivity contribution < 1.29 is 19.2 Å². The Morgan fingerprint density at radius 3 is 2.68 bits per heavy atom. The number of benzene rings is 1. The van der Waals surface area contributed by atoms with Gasteiger partial charge < -0.3 is 24.5 Å². The highest BCUT2D eigenvalue weighted by Gasteiger charge is 2.24. The average molecular weight is 429 g/mol. The molecule has 10 nitrogen and oxygen atoms in total. The lowest BCUT2D eigenvalue weighted by Crippen LogP contribution is -2.29. The average Bonchev–Trinajstić information content (AvgIpc) is 2.92. The molecule has 1 aromatic carbocycles. The first-order chi connectivity index (χ1) is 14.8. The predicted molar refractivity (Wildman–Crippen MR) is 112 cm³/mol. The monoisotopic (exact) mass is 429 g/mol. The normalized spacial score (nSPS) is 14.6. The largest absolute Gasteiger partial charge is 0.477 e. The van der Waals surface area contributed by atoms with Crippen molar-refractivity contribution in [2.75, 3.05) is 31.1 Å². The number of fused-ring (bicyclic) bond motifs is 1. The number of nitrogens with zero attached hydrogens (tertiary/aromatic N) is 4. The fourth-order valence-corrected chi connectivity index (χ4v) is 3.90. The Balaban J connectivity index is 2.05. The number of carboxylic acids is 1. The van der Waals surface area contributed by atoms with Crippen LogP contribution in [0.25, 0.3) is 16.6 Å². The fourth-order valence-electron chi connectivity index (χ4n) is 3.90. The molecule has 1 fully saturated rings. The number of hydrogen-bond acceptors (Lipinski definition) is 6. The highest BCUT2D eigenvalue weighted by Crippen LogP contribution is 2.31. The minimum Gasteiger partial charge on any atom is -0.477 e. The van der Waals surface area contributed by atoms with E-state index in [0.717, 1.165) is 25.2 Å². The van der Waals surface area contributed by atoms with Gasteiger partial charge in [-0.1, -0.05) is 0 Å². The van der Waals surface area contributed by atoms with Gasteiger partial charge in [0.2, 0.25) is 5.43 Å². The van der Waals surface area contributed by atoms with Crippen molar-refractivity contribution in [2.24, 2.45) is 7.05 Å². The fraction of sp³-hybridized carbons (Fsp3) is 0.300. The molecule has 3 aromatic rings. The maximum absolute atomic E-state index is 15.0. The third-order valence-corrected chi connectivity index (χ3v) is 5.35. The minimum absolute atomic E-state index is 0.0788. The molecule has 0 aliphatic carbocycles. The number of anilines is 1. The molecule has 1 saturated heterocycles. The SMILES string of the molecule is Cn1cc(-n2cc(C(=O)O)c(=O)c3cc(F)c(N4CCCNCC4)cc32)c([N+](=O)[O-])c1. The van der Waals surface area contributed by atoms with Crippen LogP contribution in [0.15, 0.2) is 35.5 Å². The zero-order valence-electron chi connectivity index (χ0n) is 16.7. The summed E-state index contributed by atoms with van der Waals surface area (Å²) in [6.07, 6.45) is 4.59. The molecular weight excluding hydrogens is 409 g/mol. The van der Waals surface area contributed by atoms with Crippen LogP contribution in [-0.2, 0) is 7.05 Å². The number of carbonyl (C=O) groups is 1. The van der Waals surface area contributed by atoms with Crippen LogP contribution in [0.4, 0.5) is 15.8 Å². The second-order valence-electron chi connectivity index (χ2n) is 7.41. The molecule has 2 aromatic heterocycles. The summed E-state index contributed by atoms with van der Waals surface area (Å²) in [5, 5.41) is 24.1. The molecule has 0 unspecified atom stereocenters. The molecule has 0 bridgehead atoms. The van der Waals surface area contributed by atoms with Crippen LogP contribution in [0.3, 0.4) is 0 Å². The van der Waals surface area contributed by atoms with E-state index in [0.29, 0.717) is 19.6 Å². The van der Waals surface area contributed by atoms with Gasteiger partial charge in [0.1, 0.15) is 17.1 Å². The summed E-state index contributed by atoms with van der Waals surface area (Å²) >= 11 is 0. The van der Waals surface area contributed by atoms with Crippen LogP contribution >= 0.6 is 0 Å². The molecule has 31 heavy (non-hydrogen) atoms. The first-order valence-corrected chi connectivity index (χ1v) is 9.66. The molecule has 3 heterocycles. The predicted octanol–water partition coefficient (Wildman–Crippen LogP) is 1.87. The Bertz CT molecular complexity index is 1260. The Morgan fingerprint density at radius 1 is 1.19 bits per heavy atom. The van der Waals surface area contributed by atoms with Crippen LogP contribution < -0.4 is 15.6 Å². The molecule has 0 radical (unpaired) electrons. The minimum atomic E-state index is -1.50. The van der Waals surface area contributed by atoms with E-state index < -0.39 is 27.7 Å². The Hall–Kier alpha value is -3.73. The smallest absolute Gasteiger partial charge is 0.341 e. The van der Waals surface area contributed by atoms with Crippen LogP contribution in [0.2, 0.25) is 0 Å². The number of rotatable bonds is 4. The number of carboxylic acid groups (broad SMARTS) is 1. The zero-order chi connectivity index (χ0) is 22.3. The highest BCUT2D eigenvalue weighted by atomic mass is 19.1. The maximum atomic E-state index is 15.0. The lowest BCUT2D eigenvalue weighted by molar-refractivity contribution is -0.384. The van der Waals surface area contributed by atoms with E-state index in [4.69, 9.17) is 0 Å². The molecule has 0 amide bonds. The van der Waals surface area contributed by atoms with E-state index in [9.17, 15) is 24.8 Å². The molecule has 0 spiro atoms. The van der Waals surface area contributed by atoms with Gasteiger partial charge in [-0.25, -0.2) is 9.18 Å². The number of aryl methyl sites for hydroxylation is 1. The van der Waals surface area contributed by atoms with Crippen LogP contribution in [0.5, 0.6) is 0 Å². The molecule has 2 N–H and O–H groups in total. The molecule has 0 atom stereocenters. The van der Waals surface area contributed by atoms with Crippen molar-refractivity contribution in [3.05, 3.63) is 62.4 Å². The van der Waals surface area contributed by atoms with Crippen molar-refractivity contribution in [3.8, 4) is 5.69 Å². The number of hydrogen-bond donors (Lipinski definition) is 2. The van der Waals surface area contributed by atoms with Crippen molar-refractivity contribution in [1.82, 2.24) is 14.5 Å². The van der Waals surface area contributed by atoms with Crippen molar-refractivity contribution in [1.29, 1.82) is 0 Å². The molecule has 0 saturated carbocycles. The van der Waals surface area contributed by atoms with Crippen molar-refractivity contribution >= 4 is 28.2 Å². The number of pyridine rings is 1. The summed E-state index contributed by atoms with van der Waals surface area (Å²) < 4.78 is 17.8. The van der Waals surface area contributed by atoms with Crippen LogP contribution in [-0.4, -0.2) is 51.3 Å². The number of aromatic carboxylic acids is 1. The molecule has 11 heteroatoms. The van der Waals surface area contributed by atoms with Gasteiger partial charge >= 0.3 is 11.7 Å². The van der Waals surface area contributed by atoms with E-state index in [-0.39, 0.29) is 28.0 Å². The van der Waals surface area contributed by atoms with Crippen LogP contribution in [0.1, 0.15) is 16.8 Å². The van der Waals surface area contributed by atoms with E-state index in [1.54, 1.807) is 7.05 Å². The Kier molecular flexibility index (Phi) is 5.19. The van der Waals surface area contributed by atoms with Gasteiger partial charge in [-0.05, 0) is 25.1 Å². The topological polar surface area (TPSA) is 123 Å². The van der Waals surface area contributed by atoms with Gasteiger partial charge in [0.05, 0.1) is 22.3 Å². The van der Waals surface area contributed by atoms with Gasteiger partial charge in [-0.15, -0.1) is 0 Å². The molecule has 1 aliphatic rings. The van der Waals surface area contributed by atoms with E-state index in [1.807, 2.05) is 4.90 Å². The Morgan fingerprint density at radius 2 is 1.97 bits per heavy atom. The second-order valence-corrected chi connectivity index (χ2v) is 7.41. The standard InChI is InChI=1S/C20H20FN5O5/c1-23-10-17(18(11-23)26(30)31)25-9-13(20(28)29)19(27)12-7-14(21)16(8-15(12)25)24-5-2-3-22-4-6-24/h7-11,22H,2-6H2,1H3,(H,28,29). The van der Waals surface area contributed by atoms with Crippen molar-refractivity contribution in [3.63, 3.8) is 0 Å². The molecular formula is C20H20FN5O5. The summed E-state index contributed by atoms with van der Waals surface area (Å²) in [5.41, 5.74) is -1.19. The number of nitrogens with one attached hydrogen (secondary N) is 1.